The molecule has 0 bridgehead atoms. The second-order valence-electron chi connectivity index (χ2n) is 4.48. The van der Waals surface area contributed by atoms with Crippen LogP contribution >= 0.6 is 0 Å². The molecular weight excluding hydrogens is 293 g/mol. The van der Waals surface area contributed by atoms with Crippen LogP contribution in [0.5, 0.6) is 0 Å². The Bertz CT molecular complexity index is 840. The number of aromatic nitrogens is 2. The number of hydrogen-bond donors (Lipinski definition) is 1. The van der Waals surface area contributed by atoms with Gasteiger partial charge in [-0.15, -0.1) is 0 Å². The Balaban J connectivity index is 1.78. The molecule has 0 aliphatic carbocycles. The molecule has 3 rings (SSSR count). The summed E-state index contributed by atoms with van der Waals surface area (Å²) in [7, 11) is -3.68. The Hall–Kier alpha value is -2.25. The van der Waals surface area contributed by atoms with Crippen molar-refractivity contribution in [3.8, 4) is 0 Å². The zero-order valence-corrected chi connectivity index (χ0v) is 11.7. The molecule has 0 saturated carbocycles. The molecule has 108 valence electrons. The van der Waals surface area contributed by atoms with Crippen molar-refractivity contribution in [3.63, 3.8) is 0 Å². The molecule has 21 heavy (non-hydrogen) atoms. The molecule has 1 aromatic carbocycles. The lowest BCUT2D eigenvalue weighted by atomic mass is 10.4. The molecule has 5 nitrogen and oxygen atoms in total. The van der Waals surface area contributed by atoms with Crippen molar-refractivity contribution >= 4 is 15.7 Å². The van der Waals surface area contributed by atoms with Gasteiger partial charge < -0.3 is 4.40 Å². The van der Waals surface area contributed by atoms with Crippen molar-refractivity contribution in [2.45, 2.75) is 11.4 Å². The number of rotatable bonds is 4. The number of fused-ring (bicyclic) bond motifs is 1. The first kappa shape index (κ1) is 13.7. The third-order valence-corrected chi connectivity index (χ3v) is 4.40. The van der Waals surface area contributed by atoms with Gasteiger partial charge in [-0.2, -0.15) is 0 Å². The minimum Gasteiger partial charge on any atom is -0.307 e. The van der Waals surface area contributed by atoms with Gasteiger partial charge in [-0.25, -0.2) is 22.5 Å². The Morgan fingerprint density at radius 2 is 1.90 bits per heavy atom. The van der Waals surface area contributed by atoms with Crippen molar-refractivity contribution < 1.29 is 12.8 Å². The zero-order chi connectivity index (χ0) is 14.9. The second-order valence-corrected chi connectivity index (χ2v) is 6.24. The van der Waals surface area contributed by atoms with Gasteiger partial charge in [0.2, 0.25) is 10.0 Å². The average molecular weight is 305 g/mol. The first-order valence-corrected chi connectivity index (χ1v) is 7.71. The Kier molecular flexibility index (Phi) is 3.44. The predicted octanol–water partition coefficient (Wildman–Crippen LogP) is 1.95. The van der Waals surface area contributed by atoms with E-state index in [2.05, 4.69) is 9.71 Å². The van der Waals surface area contributed by atoms with Crippen LogP contribution in [0.15, 0.2) is 59.8 Å². The molecular formula is C14H12FN3O2S. The largest absolute Gasteiger partial charge is 0.307 e. The third kappa shape index (κ3) is 2.93. The molecule has 2 heterocycles. The summed E-state index contributed by atoms with van der Waals surface area (Å²) in [4.78, 5) is 4.32. The highest BCUT2D eigenvalue weighted by Gasteiger charge is 2.14. The highest BCUT2D eigenvalue weighted by molar-refractivity contribution is 7.89. The van der Waals surface area contributed by atoms with Crippen molar-refractivity contribution in [1.29, 1.82) is 0 Å². The van der Waals surface area contributed by atoms with Crippen LogP contribution in [0, 0.1) is 5.82 Å². The van der Waals surface area contributed by atoms with Crippen molar-refractivity contribution in [1.82, 2.24) is 14.1 Å². The molecule has 1 N–H and O–H groups in total. The molecule has 0 amide bonds. The summed E-state index contributed by atoms with van der Waals surface area (Å²) in [6.07, 6.45) is 3.59. The Morgan fingerprint density at radius 3 is 2.62 bits per heavy atom. The van der Waals surface area contributed by atoms with E-state index in [9.17, 15) is 12.8 Å². The summed E-state index contributed by atoms with van der Waals surface area (Å²) in [6.45, 7) is 0.0708. The minimum absolute atomic E-state index is 0.0210. The number of nitrogens with zero attached hydrogens (tertiary/aromatic N) is 2. The van der Waals surface area contributed by atoms with Gasteiger partial charge in [-0.1, -0.05) is 6.07 Å². The molecule has 0 spiro atoms. The van der Waals surface area contributed by atoms with E-state index in [4.69, 9.17) is 0 Å². The van der Waals surface area contributed by atoms with Crippen LogP contribution in [0.1, 0.15) is 5.69 Å². The average Bonchev–Trinajstić information content (AvgIpc) is 2.89. The van der Waals surface area contributed by atoms with E-state index in [1.54, 1.807) is 6.20 Å². The van der Waals surface area contributed by atoms with Gasteiger partial charge in [0.1, 0.15) is 11.5 Å². The number of imidazole rings is 1. The van der Waals surface area contributed by atoms with E-state index >= 15 is 0 Å². The van der Waals surface area contributed by atoms with Gasteiger partial charge in [0.25, 0.3) is 0 Å². The van der Waals surface area contributed by atoms with Crippen molar-refractivity contribution in [2.75, 3.05) is 0 Å². The maximum absolute atomic E-state index is 12.8. The quantitative estimate of drug-likeness (QED) is 0.801. The summed E-state index contributed by atoms with van der Waals surface area (Å²) in [5.74, 6) is -0.477. The summed E-state index contributed by atoms with van der Waals surface area (Å²) >= 11 is 0. The molecule has 0 unspecified atom stereocenters. The minimum atomic E-state index is -3.68. The van der Waals surface area contributed by atoms with E-state index in [0.717, 1.165) is 17.8 Å². The van der Waals surface area contributed by atoms with E-state index in [0.29, 0.717) is 5.69 Å². The second kappa shape index (κ2) is 5.27. The molecule has 0 atom stereocenters. The number of benzene rings is 1. The predicted molar refractivity (Wildman–Crippen MR) is 75.6 cm³/mol. The Morgan fingerprint density at radius 1 is 1.14 bits per heavy atom. The fourth-order valence-corrected chi connectivity index (χ4v) is 2.94. The van der Waals surface area contributed by atoms with Crippen LogP contribution in [0.2, 0.25) is 0 Å². The molecule has 0 aliphatic rings. The highest BCUT2D eigenvalue weighted by Crippen LogP contribution is 2.11. The first-order valence-electron chi connectivity index (χ1n) is 6.22. The summed E-state index contributed by atoms with van der Waals surface area (Å²) in [5, 5.41) is 0. The third-order valence-electron chi connectivity index (χ3n) is 2.98. The number of sulfonamides is 1. The number of hydrogen-bond acceptors (Lipinski definition) is 3. The fourth-order valence-electron chi connectivity index (χ4n) is 1.94. The van der Waals surface area contributed by atoms with Gasteiger partial charge in [0, 0.05) is 12.4 Å². The van der Waals surface area contributed by atoms with Crippen LogP contribution in [-0.2, 0) is 16.6 Å². The van der Waals surface area contributed by atoms with Crippen molar-refractivity contribution in [3.05, 3.63) is 66.4 Å². The first-order chi connectivity index (χ1) is 10.0. The topological polar surface area (TPSA) is 63.5 Å². The number of pyridine rings is 1. The summed E-state index contributed by atoms with van der Waals surface area (Å²) in [6, 6.07) is 10.2. The maximum atomic E-state index is 12.8. The standard InChI is InChI=1S/C14H12FN3O2S/c15-11-4-6-13(7-5-11)21(19,20)16-9-12-10-18-8-2-1-3-14(18)17-12/h1-8,10,16H,9H2. The van der Waals surface area contributed by atoms with Crippen molar-refractivity contribution in [2.24, 2.45) is 0 Å². The van der Waals surface area contributed by atoms with Crippen LogP contribution in [-0.4, -0.2) is 17.8 Å². The lowest BCUT2D eigenvalue weighted by molar-refractivity contribution is 0.579. The van der Waals surface area contributed by atoms with E-state index in [1.165, 1.54) is 12.1 Å². The van der Waals surface area contributed by atoms with Gasteiger partial charge in [-0.3, -0.25) is 0 Å². The number of nitrogens with one attached hydrogen (secondary N) is 1. The lowest BCUT2D eigenvalue weighted by Gasteiger charge is -2.04. The molecule has 3 aromatic rings. The summed E-state index contributed by atoms with van der Waals surface area (Å²) < 4.78 is 41.2. The monoisotopic (exact) mass is 305 g/mol. The highest BCUT2D eigenvalue weighted by atomic mass is 32.2. The zero-order valence-electron chi connectivity index (χ0n) is 10.9. The molecule has 0 fully saturated rings. The summed E-state index contributed by atoms with van der Waals surface area (Å²) in [5.41, 5.74) is 1.35. The normalized spacial score (nSPS) is 11.9. The van der Waals surface area contributed by atoms with Gasteiger partial charge in [-0.05, 0) is 36.4 Å². The number of halogens is 1. The fraction of sp³-hybridized carbons (Fsp3) is 0.0714. The molecule has 0 saturated heterocycles. The van der Waals surface area contributed by atoms with Gasteiger partial charge in [0.15, 0.2) is 0 Å². The molecule has 2 aromatic heterocycles. The Labute approximate surface area is 121 Å². The molecule has 0 aliphatic heterocycles. The van der Waals surface area contributed by atoms with Gasteiger partial charge >= 0.3 is 0 Å². The SMILES string of the molecule is O=S(=O)(NCc1cn2ccccc2n1)c1ccc(F)cc1. The van der Waals surface area contributed by atoms with E-state index in [-0.39, 0.29) is 11.4 Å². The van der Waals surface area contributed by atoms with Crippen LogP contribution in [0.4, 0.5) is 4.39 Å². The van der Waals surface area contributed by atoms with E-state index < -0.39 is 15.8 Å². The van der Waals surface area contributed by atoms with Crippen LogP contribution in [0.3, 0.4) is 0 Å². The maximum Gasteiger partial charge on any atom is 0.240 e. The van der Waals surface area contributed by atoms with Gasteiger partial charge in [0.05, 0.1) is 17.1 Å². The molecule has 0 radical (unpaired) electrons. The molecule has 7 heteroatoms. The van der Waals surface area contributed by atoms with Crippen LogP contribution in [0.25, 0.3) is 5.65 Å². The van der Waals surface area contributed by atoms with Crippen LogP contribution < -0.4 is 4.72 Å². The van der Waals surface area contributed by atoms with E-state index in [1.807, 2.05) is 28.8 Å². The lowest BCUT2D eigenvalue weighted by Crippen LogP contribution is -2.23. The smallest absolute Gasteiger partial charge is 0.240 e.